The molecule has 0 aliphatic carbocycles. The Labute approximate surface area is 477 Å². The third-order valence-corrected chi connectivity index (χ3v) is 11.9. The average molecular weight is 1040 g/mol. The predicted molar refractivity (Wildman–Crippen MR) is 215 cm³/mol. The van der Waals surface area contributed by atoms with Crippen LogP contribution in [0.3, 0.4) is 0 Å². The van der Waals surface area contributed by atoms with Crippen LogP contribution < -0.4 is 118 Å². The first kappa shape index (κ1) is 60.8. The van der Waals surface area contributed by atoms with E-state index in [0.29, 0.717) is 9.72 Å². The van der Waals surface area contributed by atoms with Crippen LogP contribution in [0.4, 0.5) is 45.5 Å². The van der Waals surface area contributed by atoms with Crippen LogP contribution in [-0.4, -0.2) is 72.0 Å². The molecule has 0 heterocycles. The maximum absolute atomic E-state index is 12.3. The molecule has 0 aliphatic rings. The summed E-state index contributed by atoms with van der Waals surface area (Å²) in [4.78, 5) is -1.58. The summed E-state index contributed by atoms with van der Waals surface area (Å²) in [5, 5.41) is 44.2. The van der Waals surface area contributed by atoms with Crippen molar-refractivity contribution in [2.45, 2.75) is 19.6 Å². The molecule has 0 aliphatic heterocycles. The Morgan fingerprint density at radius 2 is 0.632 bits per heavy atom. The predicted octanol–water partition coefficient (Wildman–Crippen LogP) is -4.05. The van der Waals surface area contributed by atoms with Crippen LogP contribution in [0.25, 0.3) is 12.2 Å². The molecule has 0 aromatic heterocycles. The zero-order valence-corrected chi connectivity index (χ0v) is 47.1. The van der Waals surface area contributed by atoms with Crippen molar-refractivity contribution in [3.8, 4) is 0 Å². The van der Waals surface area contributed by atoms with Crippen molar-refractivity contribution in [1.82, 2.24) is 0 Å². The largest absolute Gasteiger partial charge is 1.00 e. The van der Waals surface area contributed by atoms with Gasteiger partial charge in [0.1, 0.15) is 61.6 Å². The van der Waals surface area contributed by atoms with E-state index in [1.807, 2.05) is 0 Å². The molecule has 328 valence electrons. The summed E-state index contributed by atoms with van der Waals surface area (Å²) in [6.07, 6.45) is 2.21. The molecule has 68 heavy (non-hydrogen) atoms. The monoisotopic (exact) mass is 1040 g/mol. The molecule has 6 rings (SSSR count). The topological polar surface area (TPSA) is 349 Å². The molecule has 0 atom stereocenters. The van der Waals surface area contributed by atoms with Crippen molar-refractivity contribution < 1.29 is 190 Å². The summed E-state index contributed by atoms with van der Waals surface area (Å²) < 4.78 is 140. The summed E-state index contributed by atoms with van der Waals surface area (Å²) >= 11 is 0. The standard InChI is InChI=1S/C38H28N8O14S4.4Na/c47-45(33-15-19-35(20-16-33)61(49,50)51)43-29-11-7-27(8-12-29)39-41-31-5-3-25(37(23-31)63(55,56)57)1-2-26-4-6-32(24-38(26)64(58,59)60)42-40-28-9-13-30(14-10-28)44-46(48)34-17-21-36(22-18-34)62(52,53)54;;;;/h1-24H,(H4-2,43,44,47,48,49,50,51,52,53,54,55,56,57,58,59,60);;;;/q;4*+1/p-2. The quantitative estimate of drug-likeness (QED) is 0.0262. The van der Waals surface area contributed by atoms with Gasteiger partial charge < -0.3 is 18.2 Å². The molecule has 0 saturated carbocycles. The minimum Gasteiger partial charge on any atom is -0.744 e. The summed E-state index contributed by atoms with van der Waals surface area (Å²) in [6.45, 7) is 0. The minimum atomic E-state index is -5.14. The third kappa shape index (κ3) is 17.2. The minimum absolute atomic E-state index is 0. The van der Waals surface area contributed by atoms with Crippen molar-refractivity contribution in [3.05, 3.63) is 145 Å². The second-order valence-corrected chi connectivity index (χ2v) is 18.2. The molecule has 0 radical (unpaired) electrons. The Kier molecular flexibility index (Phi) is 23.0. The molecule has 0 fully saturated rings. The molecule has 2 N–H and O–H groups in total. The van der Waals surface area contributed by atoms with Crippen molar-refractivity contribution in [2.75, 3.05) is 0 Å². The van der Waals surface area contributed by atoms with E-state index < -0.39 is 60.1 Å². The first-order chi connectivity index (χ1) is 30.0. The van der Waals surface area contributed by atoms with Crippen LogP contribution in [0.15, 0.2) is 184 Å². The molecular formula is C38H26N8Na4O14S4+2. The maximum atomic E-state index is 12.3. The van der Waals surface area contributed by atoms with E-state index >= 15 is 0 Å². The van der Waals surface area contributed by atoms with Crippen LogP contribution in [-0.2, 0) is 40.5 Å². The van der Waals surface area contributed by atoms with Gasteiger partial charge in [0, 0.05) is 24.3 Å². The van der Waals surface area contributed by atoms with Crippen LogP contribution >= 0.6 is 0 Å². The maximum Gasteiger partial charge on any atom is 1.00 e. The normalized spacial score (nSPS) is 12.5. The Hall–Kier alpha value is -3.30. The fraction of sp³-hybridized carbons (Fsp3) is 0. The first-order valence-electron chi connectivity index (χ1n) is 17.5. The molecule has 6 aromatic rings. The van der Waals surface area contributed by atoms with Gasteiger partial charge in [0.15, 0.2) is 0 Å². The molecule has 0 bridgehead atoms. The second-order valence-electron chi connectivity index (χ2n) is 12.8. The van der Waals surface area contributed by atoms with Crippen molar-refractivity contribution >= 4 is 98.1 Å². The van der Waals surface area contributed by atoms with Gasteiger partial charge in [-0.15, -0.1) is 0 Å². The fourth-order valence-electron chi connectivity index (χ4n) is 5.29. The van der Waals surface area contributed by atoms with Crippen LogP contribution in [0.1, 0.15) is 11.1 Å². The zero-order chi connectivity index (χ0) is 46.5. The molecule has 22 nitrogen and oxygen atoms in total. The van der Waals surface area contributed by atoms with Gasteiger partial charge in [0.2, 0.25) is 0 Å². The summed E-state index contributed by atoms with van der Waals surface area (Å²) in [5.74, 6) is 0. The summed E-state index contributed by atoms with van der Waals surface area (Å²) in [7, 11) is -19.7. The molecule has 30 heteroatoms. The van der Waals surface area contributed by atoms with Gasteiger partial charge in [0.25, 0.3) is 11.4 Å². The van der Waals surface area contributed by atoms with Gasteiger partial charge >= 0.3 is 118 Å². The van der Waals surface area contributed by atoms with Crippen molar-refractivity contribution in [3.63, 3.8) is 0 Å². The zero-order valence-electron chi connectivity index (χ0n) is 35.9. The van der Waals surface area contributed by atoms with Crippen molar-refractivity contribution in [2.24, 2.45) is 30.7 Å². The SMILES string of the molecule is O=S(=O)([O-])c1ccc([N+](O)=Nc2ccc(N=Nc3ccc(C=Cc4ccc(N=Nc5ccc(N=[N+](O)c6ccc(S(=O)(=O)[O-])cc6)cc5)cc4S(=O)(=O)[O-])c(S(=O)(=O)[O-])c3)cc2)cc1.[Na+].[Na+].[Na+].[Na+]. The summed E-state index contributed by atoms with van der Waals surface area (Å²) in [5.41, 5.74) is 0.527. The van der Waals surface area contributed by atoms with E-state index in [1.54, 1.807) is 0 Å². The Morgan fingerprint density at radius 3 is 0.912 bits per heavy atom. The number of azo groups is 4. The first-order valence-corrected chi connectivity index (χ1v) is 23.1. The van der Waals surface area contributed by atoms with E-state index in [-0.39, 0.29) is 175 Å². The molecule has 0 unspecified atom stereocenters. The number of nitrogens with zero attached hydrogens (tertiary/aromatic N) is 8. The Bertz CT molecular complexity index is 3160. The number of hydrogen-bond acceptors (Lipinski definition) is 18. The van der Waals surface area contributed by atoms with E-state index in [0.717, 1.165) is 72.8 Å². The molecule has 0 amide bonds. The van der Waals surface area contributed by atoms with Gasteiger partial charge in [-0.05, 0) is 108 Å². The van der Waals surface area contributed by atoms with E-state index in [4.69, 9.17) is 0 Å². The van der Waals surface area contributed by atoms with Gasteiger partial charge in [-0.2, -0.15) is 20.5 Å². The second kappa shape index (κ2) is 25.7. The number of benzene rings is 6. The van der Waals surface area contributed by atoms with Crippen molar-refractivity contribution in [1.29, 1.82) is 0 Å². The molecule has 6 aromatic carbocycles. The Morgan fingerprint density at radius 1 is 0.368 bits per heavy atom. The number of rotatable bonds is 14. The molecule has 0 spiro atoms. The Balaban J connectivity index is 0.00000397. The van der Waals surface area contributed by atoms with Gasteiger partial charge in [-0.3, -0.25) is 10.4 Å². The smallest absolute Gasteiger partial charge is 0.744 e. The van der Waals surface area contributed by atoms with Crippen LogP contribution in [0.5, 0.6) is 0 Å². The van der Waals surface area contributed by atoms with Gasteiger partial charge in [-0.25, -0.2) is 33.7 Å². The van der Waals surface area contributed by atoms with Gasteiger partial charge in [0.05, 0.1) is 52.6 Å². The molecule has 0 saturated heterocycles. The van der Waals surface area contributed by atoms with Crippen LogP contribution in [0, 0.1) is 0 Å². The average Bonchev–Trinajstić information content (AvgIpc) is 3.24. The van der Waals surface area contributed by atoms with E-state index in [9.17, 15) is 62.3 Å². The molecular weight excluding hydrogens is 1010 g/mol. The fourth-order valence-corrected chi connectivity index (χ4v) is 7.61. The van der Waals surface area contributed by atoms with Gasteiger partial charge in [-0.1, -0.05) is 24.3 Å². The van der Waals surface area contributed by atoms with E-state index in [1.165, 1.54) is 72.8 Å². The third-order valence-electron chi connectivity index (χ3n) is 8.37. The summed E-state index contributed by atoms with van der Waals surface area (Å²) in [6, 6.07) is 27.0. The number of hydrogen-bond donors (Lipinski definition) is 2. The van der Waals surface area contributed by atoms with Crippen LogP contribution in [0.2, 0.25) is 0 Å². The van der Waals surface area contributed by atoms with E-state index in [2.05, 4.69) is 30.7 Å².